The molecule has 1 spiro atoms. The largest absolute Gasteiger partial charge is 0.373 e. The SMILES string of the molecule is CCCS(=O)(=O)N1CC2(C[C@@H](OCc3cccnc3)CCO2)C1. The number of rotatable bonds is 6. The summed E-state index contributed by atoms with van der Waals surface area (Å²) in [5.74, 6) is 0.212. The number of nitrogens with zero attached hydrogens (tertiary/aromatic N) is 2. The summed E-state index contributed by atoms with van der Waals surface area (Å²) in [6.07, 6.45) is 5.91. The van der Waals surface area contributed by atoms with Gasteiger partial charge >= 0.3 is 0 Å². The van der Waals surface area contributed by atoms with Crippen LogP contribution in [0.15, 0.2) is 24.5 Å². The fourth-order valence-electron chi connectivity index (χ4n) is 3.22. The van der Waals surface area contributed by atoms with E-state index < -0.39 is 10.0 Å². The molecule has 6 nitrogen and oxygen atoms in total. The lowest BCUT2D eigenvalue weighted by atomic mass is 9.86. The Morgan fingerprint density at radius 2 is 2.30 bits per heavy atom. The van der Waals surface area contributed by atoms with Crippen molar-refractivity contribution in [2.45, 2.75) is 44.5 Å². The molecule has 2 aliphatic rings. The third kappa shape index (κ3) is 3.91. The standard InChI is InChI=1S/C16H24N2O4S/c1-2-8-23(19,20)18-12-16(13-18)9-15(5-7-22-16)21-11-14-4-3-6-17-10-14/h3-4,6,10,15H,2,5,7-9,11-13H2,1H3/t15-/m0/s1. The maximum absolute atomic E-state index is 12.1. The van der Waals surface area contributed by atoms with Crippen LogP contribution in [0.4, 0.5) is 0 Å². The first-order chi connectivity index (χ1) is 11.0. The predicted octanol–water partition coefficient (Wildman–Crippen LogP) is 1.57. The van der Waals surface area contributed by atoms with Gasteiger partial charge in [-0.05, 0) is 24.5 Å². The van der Waals surface area contributed by atoms with Crippen LogP contribution in [-0.2, 0) is 26.1 Å². The Kier molecular flexibility index (Phi) is 5.01. The molecular formula is C16H24N2O4S. The fourth-order valence-corrected chi connectivity index (χ4v) is 4.86. The molecule has 2 saturated heterocycles. The minimum Gasteiger partial charge on any atom is -0.373 e. The maximum atomic E-state index is 12.1. The molecule has 3 rings (SSSR count). The number of sulfonamides is 1. The van der Waals surface area contributed by atoms with Gasteiger partial charge in [0.25, 0.3) is 0 Å². The van der Waals surface area contributed by atoms with E-state index in [1.54, 1.807) is 16.7 Å². The summed E-state index contributed by atoms with van der Waals surface area (Å²) in [5, 5.41) is 0. The van der Waals surface area contributed by atoms with Crippen LogP contribution in [0, 0.1) is 0 Å². The summed E-state index contributed by atoms with van der Waals surface area (Å²) in [4.78, 5) is 4.08. The second kappa shape index (κ2) is 6.84. The summed E-state index contributed by atoms with van der Waals surface area (Å²) in [6, 6.07) is 3.89. The van der Waals surface area contributed by atoms with E-state index in [1.807, 2.05) is 19.1 Å². The van der Waals surface area contributed by atoms with Crippen molar-refractivity contribution in [3.05, 3.63) is 30.1 Å². The van der Waals surface area contributed by atoms with Gasteiger partial charge in [-0.25, -0.2) is 8.42 Å². The predicted molar refractivity (Wildman–Crippen MR) is 86.4 cm³/mol. The van der Waals surface area contributed by atoms with Crippen molar-refractivity contribution < 1.29 is 17.9 Å². The lowest BCUT2D eigenvalue weighted by Crippen LogP contribution is -2.67. The first kappa shape index (κ1) is 16.8. The number of hydrogen-bond acceptors (Lipinski definition) is 5. The minimum atomic E-state index is -3.12. The van der Waals surface area contributed by atoms with E-state index in [9.17, 15) is 8.42 Å². The lowest BCUT2D eigenvalue weighted by Gasteiger charge is -2.52. The molecule has 1 atom stereocenters. The Morgan fingerprint density at radius 1 is 1.48 bits per heavy atom. The van der Waals surface area contributed by atoms with E-state index in [4.69, 9.17) is 9.47 Å². The van der Waals surface area contributed by atoms with Gasteiger partial charge in [-0.2, -0.15) is 4.31 Å². The van der Waals surface area contributed by atoms with Crippen molar-refractivity contribution in [3.63, 3.8) is 0 Å². The van der Waals surface area contributed by atoms with E-state index in [1.165, 1.54) is 0 Å². The topological polar surface area (TPSA) is 68.7 Å². The Bertz CT molecular complexity index is 614. The molecule has 0 N–H and O–H groups in total. The van der Waals surface area contributed by atoms with Crippen molar-refractivity contribution in [2.75, 3.05) is 25.4 Å². The van der Waals surface area contributed by atoms with Crippen LogP contribution in [0.5, 0.6) is 0 Å². The Balaban J connectivity index is 1.52. The fraction of sp³-hybridized carbons (Fsp3) is 0.688. The van der Waals surface area contributed by atoms with Crippen LogP contribution < -0.4 is 0 Å². The van der Waals surface area contributed by atoms with E-state index in [-0.39, 0.29) is 17.5 Å². The zero-order valence-electron chi connectivity index (χ0n) is 13.5. The average Bonchev–Trinajstić information content (AvgIpc) is 2.52. The van der Waals surface area contributed by atoms with Crippen LogP contribution in [-0.4, -0.2) is 54.9 Å². The highest BCUT2D eigenvalue weighted by molar-refractivity contribution is 7.89. The van der Waals surface area contributed by atoms with E-state index >= 15 is 0 Å². The molecule has 1 aromatic rings. The molecule has 23 heavy (non-hydrogen) atoms. The average molecular weight is 340 g/mol. The molecule has 0 amide bonds. The summed E-state index contributed by atoms with van der Waals surface area (Å²) in [7, 11) is -3.12. The van der Waals surface area contributed by atoms with Crippen LogP contribution in [0.25, 0.3) is 0 Å². The second-order valence-corrected chi connectivity index (χ2v) is 8.49. The summed E-state index contributed by atoms with van der Waals surface area (Å²) in [5.41, 5.74) is 0.701. The smallest absolute Gasteiger partial charge is 0.214 e. The van der Waals surface area contributed by atoms with Gasteiger partial charge in [0.2, 0.25) is 10.0 Å². The van der Waals surface area contributed by atoms with Crippen LogP contribution in [0.1, 0.15) is 31.7 Å². The number of ether oxygens (including phenoxy) is 2. The Hall–Kier alpha value is -1.02. The van der Waals surface area contributed by atoms with Gasteiger partial charge in [-0.15, -0.1) is 0 Å². The van der Waals surface area contributed by atoms with Crippen molar-refractivity contribution in [1.29, 1.82) is 0 Å². The molecule has 0 radical (unpaired) electrons. The molecule has 0 saturated carbocycles. The first-order valence-corrected chi connectivity index (χ1v) is 9.76. The Morgan fingerprint density at radius 3 is 3.00 bits per heavy atom. The minimum absolute atomic E-state index is 0.111. The third-order valence-corrected chi connectivity index (χ3v) is 6.41. The van der Waals surface area contributed by atoms with Gasteiger partial charge in [0.1, 0.15) is 0 Å². The second-order valence-electron chi connectivity index (χ2n) is 6.40. The van der Waals surface area contributed by atoms with Crippen molar-refractivity contribution in [3.8, 4) is 0 Å². The number of aromatic nitrogens is 1. The first-order valence-electron chi connectivity index (χ1n) is 8.15. The molecule has 0 aromatic carbocycles. The summed E-state index contributed by atoms with van der Waals surface area (Å²) in [6.45, 7) is 3.96. The summed E-state index contributed by atoms with van der Waals surface area (Å²) < 4.78 is 37.5. The van der Waals surface area contributed by atoms with Crippen LogP contribution >= 0.6 is 0 Å². The monoisotopic (exact) mass is 340 g/mol. The zero-order chi connectivity index (χ0) is 16.3. The molecule has 2 fully saturated rings. The molecule has 0 bridgehead atoms. The van der Waals surface area contributed by atoms with Crippen molar-refractivity contribution in [1.82, 2.24) is 9.29 Å². The molecule has 3 heterocycles. The maximum Gasteiger partial charge on any atom is 0.214 e. The number of hydrogen-bond donors (Lipinski definition) is 0. The van der Waals surface area contributed by atoms with Gasteiger partial charge < -0.3 is 9.47 Å². The zero-order valence-corrected chi connectivity index (χ0v) is 14.3. The number of pyridine rings is 1. The Labute approximate surface area is 137 Å². The molecule has 0 unspecified atom stereocenters. The quantitative estimate of drug-likeness (QED) is 0.786. The molecule has 2 aliphatic heterocycles. The van der Waals surface area contributed by atoms with Crippen LogP contribution in [0.3, 0.4) is 0 Å². The van der Waals surface area contributed by atoms with E-state index in [2.05, 4.69) is 4.98 Å². The highest BCUT2D eigenvalue weighted by atomic mass is 32.2. The third-order valence-electron chi connectivity index (χ3n) is 4.44. The normalized spacial score (nSPS) is 24.5. The highest BCUT2D eigenvalue weighted by Crippen LogP contribution is 2.37. The lowest BCUT2D eigenvalue weighted by molar-refractivity contribution is -0.180. The van der Waals surface area contributed by atoms with E-state index in [0.29, 0.717) is 32.7 Å². The highest BCUT2D eigenvalue weighted by Gasteiger charge is 2.51. The van der Waals surface area contributed by atoms with Crippen LogP contribution in [0.2, 0.25) is 0 Å². The summed E-state index contributed by atoms with van der Waals surface area (Å²) >= 11 is 0. The van der Waals surface area contributed by atoms with Gasteiger partial charge in [0, 0.05) is 38.5 Å². The molecular weight excluding hydrogens is 316 g/mol. The van der Waals surface area contributed by atoms with Gasteiger partial charge in [-0.3, -0.25) is 4.98 Å². The molecule has 0 aliphatic carbocycles. The van der Waals surface area contributed by atoms with Gasteiger partial charge in [0.15, 0.2) is 0 Å². The molecule has 1 aromatic heterocycles. The molecule has 7 heteroatoms. The van der Waals surface area contributed by atoms with Crippen molar-refractivity contribution in [2.24, 2.45) is 0 Å². The van der Waals surface area contributed by atoms with E-state index in [0.717, 1.165) is 18.4 Å². The van der Waals surface area contributed by atoms with Gasteiger partial charge in [-0.1, -0.05) is 13.0 Å². The molecule has 128 valence electrons. The van der Waals surface area contributed by atoms with Gasteiger partial charge in [0.05, 0.1) is 24.1 Å². The van der Waals surface area contributed by atoms with Crippen molar-refractivity contribution >= 4 is 10.0 Å².